The van der Waals surface area contributed by atoms with Crippen LogP contribution in [0, 0.1) is 0 Å². The van der Waals surface area contributed by atoms with Gasteiger partial charge in [-0.1, -0.05) is 24.3 Å². The van der Waals surface area contributed by atoms with Crippen LogP contribution in [0.2, 0.25) is 0 Å². The highest BCUT2D eigenvalue weighted by Crippen LogP contribution is 2.44. The van der Waals surface area contributed by atoms with E-state index in [0.717, 1.165) is 46.5 Å². The summed E-state index contributed by atoms with van der Waals surface area (Å²) in [6.45, 7) is 11.6. The molecule has 2 aliphatic heterocycles. The number of hydrogen-bond donors (Lipinski definition) is 2. The molecule has 6 aromatic rings. The fourth-order valence-corrected chi connectivity index (χ4v) is 13.9. The summed E-state index contributed by atoms with van der Waals surface area (Å²) in [5.41, 5.74) is 2.19. The minimum Gasteiger partial charge on any atom is -0.485 e. The predicted molar refractivity (Wildman–Crippen MR) is 315 cm³/mol. The third kappa shape index (κ3) is 15.9. The van der Waals surface area contributed by atoms with Crippen LogP contribution in [0.25, 0.3) is 11.1 Å². The lowest BCUT2D eigenvalue weighted by molar-refractivity contribution is -0.138. The molecule has 0 spiro atoms. The van der Waals surface area contributed by atoms with Crippen LogP contribution in [0.5, 0.6) is 11.5 Å². The number of alkyl halides is 6. The molecular weight excluding hydrogens is 1210 g/mol. The van der Waals surface area contributed by atoms with E-state index >= 15 is 0 Å². The Morgan fingerprint density at radius 3 is 1.28 bits per heavy atom. The molecule has 2 aromatic heterocycles. The van der Waals surface area contributed by atoms with E-state index in [4.69, 9.17) is 18.9 Å². The number of hydrogen-bond acceptors (Lipinski definition) is 14. The van der Waals surface area contributed by atoms with Crippen LogP contribution in [-0.2, 0) is 54.7 Å². The summed E-state index contributed by atoms with van der Waals surface area (Å²) in [7, 11) is -7.70. The van der Waals surface area contributed by atoms with E-state index in [2.05, 4.69) is 19.4 Å². The van der Waals surface area contributed by atoms with E-state index in [-0.39, 0.29) is 46.2 Å². The molecule has 26 heteroatoms. The Labute approximate surface area is 503 Å². The predicted octanol–water partition coefficient (Wildman–Crippen LogP) is 14.9. The first kappa shape index (κ1) is 63.3. The molecule has 4 aromatic carbocycles. The van der Waals surface area contributed by atoms with Crippen LogP contribution in [0.4, 0.5) is 46.2 Å². The molecule has 4 aliphatic rings. The van der Waals surface area contributed by atoms with Crippen LogP contribution in [0.1, 0.15) is 137 Å². The molecule has 16 nitrogen and oxygen atoms in total. The minimum absolute atomic E-state index is 0.0965. The number of aromatic nitrogens is 2. The van der Waals surface area contributed by atoms with Gasteiger partial charge < -0.3 is 28.7 Å². The molecule has 0 fully saturated rings. The Bertz CT molecular complexity index is 3510. The molecule has 2 N–H and O–H groups in total. The quantitative estimate of drug-likeness (QED) is 0.110. The van der Waals surface area contributed by atoms with Crippen molar-refractivity contribution in [3.8, 4) is 11.5 Å². The number of amides is 2. The largest absolute Gasteiger partial charge is 0.485 e. The number of fused-ring (bicyclic) bond motifs is 2. The lowest BCUT2D eigenvalue weighted by atomic mass is 9.89. The first-order chi connectivity index (χ1) is 40.4. The van der Waals surface area contributed by atoms with Gasteiger partial charge in [0.15, 0.2) is 10.3 Å². The maximum absolute atomic E-state index is 13.7. The van der Waals surface area contributed by atoms with Gasteiger partial charge in [-0.3, -0.25) is 9.44 Å². The number of aryl methyl sites for hydroxylation is 2. The van der Waals surface area contributed by atoms with Gasteiger partial charge in [0.2, 0.25) is 0 Å². The number of rotatable bonds is 12. The molecule has 86 heavy (non-hydrogen) atoms. The van der Waals surface area contributed by atoms with Gasteiger partial charge in [-0.05, 0) is 187 Å². The molecule has 460 valence electrons. The van der Waals surface area contributed by atoms with Gasteiger partial charge in [0.05, 0.1) is 20.9 Å². The van der Waals surface area contributed by atoms with E-state index in [1.54, 1.807) is 88.7 Å². The monoisotopic (exact) mass is 1270 g/mol. The lowest BCUT2D eigenvalue weighted by Crippen LogP contribution is -2.39. The van der Waals surface area contributed by atoms with Crippen LogP contribution in [0.3, 0.4) is 0 Å². The molecule has 0 radical (unpaired) electrons. The number of halogens is 6. The number of thiazole rings is 2. The Morgan fingerprint density at radius 1 is 0.558 bits per heavy atom. The van der Waals surface area contributed by atoms with Gasteiger partial charge in [-0.2, -0.15) is 26.3 Å². The Balaban J connectivity index is 0.000000205. The number of sulfonamides is 2. The molecule has 2 atom stereocenters. The molecule has 0 unspecified atom stereocenters. The highest BCUT2D eigenvalue weighted by atomic mass is 32.2. The zero-order valence-electron chi connectivity index (χ0n) is 47.8. The van der Waals surface area contributed by atoms with Crippen LogP contribution < -0.4 is 18.9 Å². The van der Waals surface area contributed by atoms with E-state index in [9.17, 15) is 52.8 Å². The van der Waals surface area contributed by atoms with Gasteiger partial charge in [-0.15, -0.1) is 22.7 Å². The summed E-state index contributed by atoms with van der Waals surface area (Å²) in [6, 6.07) is 16.5. The van der Waals surface area contributed by atoms with E-state index in [0.29, 0.717) is 85.1 Å². The van der Waals surface area contributed by atoms with Gasteiger partial charge in [0.1, 0.15) is 34.9 Å². The standard InChI is InChI=1S/2C30H32F3N3O5S2/c2*1-29(2,3)41-28(37)36-14-11-19(12-15-36)24-18-21(30(31,32)33)7-10-26(24)40-25-6-4-5-20-17-22(8-9-23(20)25)43(38,39)35-27-34-13-16-42-27/h2*7-11,13,16-18,25H,4-6,12,14-15H2,1-3H3,(H,34,35)/t2*25-/m10/s1. The fraction of sp³-hybridized carbons (Fsp3) is 0.400. The van der Waals surface area contributed by atoms with Gasteiger partial charge in [0, 0.05) is 60.5 Å². The van der Waals surface area contributed by atoms with Crippen molar-refractivity contribution in [2.45, 2.75) is 138 Å². The van der Waals surface area contributed by atoms with E-state index in [1.807, 2.05) is 0 Å². The van der Waals surface area contributed by atoms with Crippen molar-refractivity contribution in [3.05, 3.63) is 153 Å². The zero-order chi connectivity index (χ0) is 62.0. The summed E-state index contributed by atoms with van der Waals surface area (Å²) in [6.07, 6.45) is 0.0501. The second kappa shape index (κ2) is 25.3. The van der Waals surface area contributed by atoms with Crippen molar-refractivity contribution in [2.75, 3.05) is 35.6 Å². The van der Waals surface area contributed by atoms with Crippen molar-refractivity contribution in [1.29, 1.82) is 0 Å². The average Bonchev–Trinajstić information content (AvgIpc) is 4.35. The number of anilines is 2. The molecule has 2 amide bonds. The highest BCUT2D eigenvalue weighted by molar-refractivity contribution is 7.93. The smallest absolute Gasteiger partial charge is 0.416 e. The highest BCUT2D eigenvalue weighted by Gasteiger charge is 2.36. The fourth-order valence-electron chi connectivity index (χ4n) is 10.2. The maximum atomic E-state index is 13.7. The number of nitrogens with one attached hydrogen (secondary N) is 2. The summed E-state index contributed by atoms with van der Waals surface area (Å²) in [5.74, 6) is 0.593. The van der Waals surface area contributed by atoms with Crippen molar-refractivity contribution >= 4 is 76.3 Å². The number of carbonyl (C=O) groups excluding carboxylic acids is 2. The molecular formula is C60H64F6N6O10S4. The second-order valence-electron chi connectivity index (χ2n) is 22.8. The molecule has 4 heterocycles. The lowest BCUT2D eigenvalue weighted by Gasteiger charge is -2.31. The number of nitrogens with zero attached hydrogens (tertiary/aromatic N) is 4. The van der Waals surface area contributed by atoms with Crippen molar-refractivity contribution in [3.63, 3.8) is 0 Å². The SMILES string of the molecule is CC(C)(C)OC(=O)N1CC=C(c2cc(C(F)(F)F)ccc2O[C@@H]2CCCc3cc(S(=O)(=O)Nc4nccs4)ccc32)CC1.CC(C)(C)OC(=O)N1CC=C(c2cc(C(F)(F)F)ccc2O[C@H]2CCCc3cc(S(=O)(=O)Nc4nccs4)ccc32)CC1. The third-order valence-electron chi connectivity index (χ3n) is 14.2. The molecule has 0 saturated carbocycles. The molecule has 0 saturated heterocycles. The van der Waals surface area contributed by atoms with Gasteiger partial charge in [0.25, 0.3) is 20.0 Å². The second-order valence-corrected chi connectivity index (χ2v) is 28.0. The first-order valence-electron chi connectivity index (χ1n) is 27.6. The van der Waals surface area contributed by atoms with Crippen LogP contribution in [-0.4, -0.2) is 86.2 Å². The summed E-state index contributed by atoms with van der Waals surface area (Å²) >= 11 is 2.34. The Kier molecular flexibility index (Phi) is 18.6. The van der Waals surface area contributed by atoms with Crippen LogP contribution >= 0.6 is 22.7 Å². The van der Waals surface area contributed by atoms with Gasteiger partial charge in [-0.25, -0.2) is 36.4 Å². The third-order valence-corrected chi connectivity index (χ3v) is 18.6. The maximum Gasteiger partial charge on any atom is 0.416 e. The van der Waals surface area contributed by atoms with Crippen LogP contribution in [0.15, 0.2) is 118 Å². The summed E-state index contributed by atoms with van der Waals surface area (Å²) < 4.78 is 163. The van der Waals surface area contributed by atoms with E-state index < -0.39 is 79.1 Å². The molecule has 0 bridgehead atoms. The average molecular weight is 1270 g/mol. The van der Waals surface area contributed by atoms with Crippen molar-refractivity contribution in [2.24, 2.45) is 0 Å². The normalized spacial score (nSPS) is 17.6. The number of ether oxygens (including phenoxy) is 4. The van der Waals surface area contributed by atoms with Crippen molar-refractivity contribution < 1.29 is 71.7 Å². The molecule has 2 aliphatic carbocycles. The Hall–Kier alpha value is -7.16. The Morgan fingerprint density at radius 2 is 0.953 bits per heavy atom. The topological polar surface area (TPSA) is 196 Å². The summed E-state index contributed by atoms with van der Waals surface area (Å²) in [5, 5.41) is 3.87. The summed E-state index contributed by atoms with van der Waals surface area (Å²) in [4.78, 5) is 36.2. The minimum atomic E-state index is -4.54. The van der Waals surface area contributed by atoms with Gasteiger partial charge >= 0.3 is 24.5 Å². The first-order valence-corrected chi connectivity index (χ1v) is 32.3. The zero-order valence-corrected chi connectivity index (χ0v) is 51.1. The molecule has 10 rings (SSSR count). The van der Waals surface area contributed by atoms with E-state index in [1.165, 1.54) is 69.1 Å². The number of benzene rings is 4. The number of carbonyl (C=O) groups is 2. The van der Waals surface area contributed by atoms with Crippen molar-refractivity contribution in [1.82, 2.24) is 19.8 Å².